The van der Waals surface area contributed by atoms with Crippen LogP contribution in [0.3, 0.4) is 0 Å². The second-order valence-corrected chi connectivity index (χ2v) is 3.78. The number of rotatable bonds is 7. The van der Waals surface area contributed by atoms with Crippen molar-refractivity contribution >= 4 is 24.0 Å². The fourth-order valence-electron chi connectivity index (χ4n) is 1.32. The minimum atomic E-state index is -0.443. The van der Waals surface area contributed by atoms with Crippen molar-refractivity contribution in [3.8, 4) is 5.75 Å². The Morgan fingerprint density at radius 3 is 2.94 bits per heavy atom. The number of nitrogens with one attached hydrogen (secondary N) is 1. The molecule has 1 amide bonds. The number of benzene rings is 1. The van der Waals surface area contributed by atoms with Crippen molar-refractivity contribution in [3.05, 3.63) is 28.8 Å². The second kappa shape index (κ2) is 7.55. The number of hydrogen-bond acceptors (Lipinski definition) is 4. The maximum atomic E-state index is 11.2. The minimum absolute atomic E-state index is 0.177. The molecular formula is C12H14ClNO4. The van der Waals surface area contributed by atoms with Crippen molar-refractivity contribution in [2.45, 2.75) is 13.5 Å². The number of halogens is 1. The molecule has 5 nitrogen and oxygen atoms in total. The molecule has 0 aromatic heterocycles. The Kier molecular flexibility index (Phi) is 6.00. The number of esters is 1. The van der Waals surface area contributed by atoms with Gasteiger partial charge >= 0.3 is 5.97 Å². The van der Waals surface area contributed by atoms with Crippen LogP contribution >= 0.6 is 11.6 Å². The van der Waals surface area contributed by atoms with Crippen molar-refractivity contribution in [2.24, 2.45) is 0 Å². The molecule has 0 fully saturated rings. The lowest BCUT2D eigenvalue weighted by molar-refractivity contribution is -0.145. The van der Waals surface area contributed by atoms with E-state index in [2.05, 4.69) is 5.32 Å². The lowest BCUT2D eigenvalue weighted by Crippen LogP contribution is -2.16. The van der Waals surface area contributed by atoms with Crippen LogP contribution in [-0.2, 0) is 20.9 Å². The third kappa shape index (κ3) is 4.63. The largest absolute Gasteiger partial charge is 0.482 e. The first-order valence-electron chi connectivity index (χ1n) is 5.41. The van der Waals surface area contributed by atoms with Crippen LogP contribution in [0.2, 0.25) is 5.02 Å². The van der Waals surface area contributed by atoms with Crippen LogP contribution in [0.4, 0.5) is 0 Å². The normalized spacial score (nSPS) is 9.67. The predicted molar refractivity (Wildman–Crippen MR) is 66.5 cm³/mol. The summed E-state index contributed by atoms with van der Waals surface area (Å²) in [6, 6.07) is 4.95. The van der Waals surface area contributed by atoms with E-state index in [0.717, 1.165) is 0 Å². The third-order valence-electron chi connectivity index (χ3n) is 2.05. The van der Waals surface area contributed by atoms with E-state index >= 15 is 0 Å². The van der Waals surface area contributed by atoms with Gasteiger partial charge in [-0.25, -0.2) is 4.79 Å². The molecule has 0 heterocycles. The van der Waals surface area contributed by atoms with Gasteiger partial charge in [0.25, 0.3) is 0 Å². The van der Waals surface area contributed by atoms with Crippen molar-refractivity contribution in [3.63, 3.8) is 0 Å². The van der Waals surface area contributed by atoms with Gasteiger partial charge < -0.3 is 14.8 Å². The summed E-state index contributed by atoms with van der Waals surface area (Å²) in [7, 11) is 0. The molecule has 0 aliphatic rings. The van der Waals surface area contributed by atoms with E-state index in [1.165, 1.54) is 0 Å². The first kappa shape index (κ1) is 14.3. The first-order valence-corrected chi connectivity index (χ1v) is 5.79. The van der Waals surface area contributed by atoms with Crippen molar-refractivity contribution in [1.82, 2.24) is 5.32 Å². The van der Waals surface area contributed by atoms with E-state index in [4.69, 9.17) is 21.1 Å². The number of carbonyl (C=O) groups excluding carboxylic acids is 2. The third-order valence-corrected chi connectivity index (χ3v) is 2.28. The summed E-state index contributed by atoms with van der Waals surface area (Å²) in [6.07, 6.45) is 0.579. The van der Waals surface area contributed by atoms with Crippen LogP contribution in [0.25, 0.3) is 0 Å². The van der Waals surface area contributed by atoms with Gasteiger partial charge in [-0.15, -0.1) is 0 Å². The second-order valence-electron chi connectivity index (χ2n) is 3.34. The highest BCUT2D eigenvalue weighted by Gasteiger charge is 2.08. The lowest BCUT2D eigenvalue weighted by Gasteiger charge is -2.11. The average Bonchev–Trinajstić information content (AvgIpc) is 2.35. The minimum Gasteiger partial charge on any atom is -0.482 e. The summed E-state index contributed by atoms with van der Waals surface area (Å²) in [5, 5.41) is 3.04. The van der Waals surface area contributed by atoms with E-state index in [-0.39, 0.29) is 13.2 Å². The van der Waals surface area contributed by atoms with Crippen LogP contribution < -0.4 is 10.1 Å². The number of carbonyl (C=O) groups is 2. The predicted octanol–water partition coefficient (Wildman–Crippen LogP) is 1.53. The monoisotopic (exact) mass is 271 g/mol. The molecule has 0 unspecified atom stereocenters. The summed E-state index contributed by atoms with van der Waals surface area (Å²) in [4.78, 5) is 21.4. The van der Waals surface area contributed by atoms with E-state index < -0.39 is 5.97 Å². The molecule has 1 rings (SSSR count). The molecule has 0 spiro atoms. The van der Waals surface area contributed by atoms with Gasteiger partial charge in [0.2, 0.25) is 6.41 Å². The number of amides is 1. The van der Waals surface area contributed by atoms with Gasteiger partial charge in [0.15, 0.2) is 6.61 Å². The maximum Gasteiger partial charge on any atom is 0.344 e. The molecule has 1 aromatic carbocycles. The first-order chi connectivity index (χ1) is 8.67. The molecule has 0 bridgehead atoms. The molecule has 98 valence electrons. The smallest absolute Gasteiger partial charge is 0.344 e. The van der Waals surface area contributed by atoms with Gasteiger partial charge in [-0.05, 0) is 25.1 Å². The van der Waals surface area contributed by atoms with Gasteiger partial charge in [-0.2, -0.15) is 0 Å². The standard InChI is InChI=1S/C12H14ClNO4/c1-2-17-12(16)7-18-11-4-3-10(13)5-9(11)6-14-8-15/h3-5,8H,2,6-7H2,1H3,(H,14,15). The SMILES string of the molecule is CCOC(=O)COc1ccc(Cl)cc1CNC=O. The van der Waals surface area contributed by atoms with Crippen LogP contribution in [0, 0.1) is 0 Å². The Bertz CT molecular complexity index is 423. The Labute approximate surface area is 110 Å². The molecule has 1 aromatic rings. The van der Waals surface area contributed by atoms with E-state index in [1.54, 1.807) is 25.1 Å². The molecule has 0 saturated carbocycles. The Morgan fingerprint density at radius 2 is 2.28 bits per heavy atom. The number of hydrogen-bond donors (Lipinski definition) is 1. The van der Waals surface area contributed by atoms with Crippen molar-refractivity contribution in [2.75, 3.05) is 13.2 Å². The zero-order chi connectivity index (χ0) is 13.4. The molecule has 6 heteroatoms. The Hall–Kier alpha value is -1.75. The molecule has 0 radical (unpaired) electrons. The van der Waals surface area contributed by atoms with E-state index in [0.29, 0.717) is 29.4 Å². The van der Waals surface area contributed by atoms with Crippen molar-refractivity contribution < 1.29 is 19.1 Å². The van der Waals surface area contributed by atoms with Crippen molar-refractivity contribution in [1.29, 1.82) is 0 Å². The molecule has 18 heavy (non-hydrogen) atoms. The zero-order valence-electron chi connectivity index (χ0n) is 9.94. The molecule has 0 atom stereocenters. The summed E-state index contributed by atoms with van der Waals surface area (Å²) < 4.78 is 10.1. The van der Waals surface area contributed by atoms with E-state index in [1.807, 2.05) is 0 Å². The fraction of sp³-hybridized carbons (Fsp3) is 0.333. The zero-order valence-corrected chi connectivity index (χ0v) is 10.7. The van der Waals surface area contributed by atoms with E-state index in [9.17, 15) is 9.59 Å². The van der Waals surface area contributed by atoms with Crippen LogP contribution in [0.1, 0.15) is 12.5 Å². The summed E-state index contributed by atoms with van der Waals surface area (Å²) in [6.45, 7) is 2.13. The molecule has 1 N–H and O–H groups in total. The fourth-order valence-corrected chi connectivity index (χ4v) is 1.51. The average molecular weight is 272 g/mol. The highest BCUT2D eigenvalue weighted by Crippen LogP contribution is 2.22. The van der Waals surface area contributed by atoms with Crippen LogP contribution in [0.15, 0.2) is 18.2 Å². The van der Waals surface area contributed by atoms with Crippen LogP contribution in [-0.4, -0.2) is 25.6 Å². The molecule has 0 aliphatic heterocycles. The van der Waals surface area contributed by atoms with Gasteiger partial charge in [0.05, 0.1) is 6.61 Å². The molecule has 0 aliphatic carbocycles. The quantitative estimate of drug-likeness (QED) is 0.603. The van der Waals surface area contributed by atoms with Gasteiger partial charge in [0, 0.05) is 17.1 Å². The highest BCUT2D eigenvalue weighted by molar-refractivity contribution is 6.30. The Balaban J connectivity index is 2.68. The van der Waals surface area contributed by atoms with Gasteiger partial charge in [-0.1, -0.05) is 11.6 Å². The van der Waals surface area contributed by atoms with Gasteiger partial charge in [-0.3, -0.25) is 4.79 Å². The molecule has 0 saturated heterocycles. The summed E-state index contributed by atoms with van der Waals surface area (Å²) >= 11 is 5.84. The summed E-state index contributed by atoms with van der Waals surface area (Å²) in [5.41, 5.74) is 0.693. The number of ether oxygens (including phenoxy) is 2. The lowest BCUT2D eigenvalue weighted by atomic mass is 10.2. The van der Waals surface area contributed by atoms with Gasteiger partial charge in [0.1, 0.15) is 5.75 Å². The highest BCUT2D eigenvalue weighted by atomic mass is 35.5. The van der Waals surface area contributed by atoms with Crippen LogP contribution in [0.5, 0.6) is 5.75 Å². The summed E-state index contributed by atoms with van der Waals surface area (Å²) in [5.74, 6) is 0.0450. The molecular weight excluding hydrogens is 258 g/mol. The topological polar surface area (TPSA) is 64.6 Å². The maximum absolute atomic E-state index is 11.2. The Morgan fingerprint density at radius 1 is 1.50 bits per heavy atom.